The van der Waals surface area contributed by atoms with E-state index in [1.165, 1.54) is 12.8 Å². The normalized spacial score (nSPS) is 30.3. The van der Waals surface area contributed by atoms with Gasteiger partial charge >= 0.3 is 0 Å². The Morgan fingerprint density at radius 2 is 2.31 bits per heavy atom. The van der Waals surface area contributed by atoms with Crippen LogP contribution < -0.4 is 5.73 Å². The van der Waals surface area contributed by atoms with Crippen LogP contribution in [-0.4, -0.2) is 16.3 Å². The standard InChI is InChI=1S/C12H17ClN2S/c1-8-4-5-10(14)11(7-8)16-12-9(13)3-2-6-15-12/h2-3,6,8,10-11H,4-5,7,14H2,1H3. The molecule has 1 aliphatic rings. The zero-order chi connectivity index (χ0) is 11.5. The average molecular weight is 257 g/mol. The van der Waals surface area contributed by atoms with Gasteiger partial charge in [-0.2, -0.15) is 0 Å². The summed E-state index contributed by atoms with van der Waals surface area (Å²) >= 11 is 7.84. The van der Waals surface area contributed by atoms with E-state index in [4.69, 9.17) is 17.3 Å². The second-order valence-corrected chi connectivity index (χ2v) is 6.16. The van der Waals surface area contributed by atoms with E-state index in [0.29, 0.717) is 5.25 Å². The van der Waals surface area contributed by atoms with Crippen molar-refractivity contribution < 1.29 is 0 Å². The number of hydrogen-bond donors (Lipinski definition) is 1. The molecule has 0 spiro atoms. The van der Waals surface area contributed by atoms with E-state index in [2.05, 4.69) is 11.9 Å². The van der Waals surface area contributed by atoms with Gasteiger partial charge in [-0.05, 0) is 37.3 Å². The molecule has 16 heavy (non-hydrogen) atoms. The molecule has 1 saturated carbocycles. The molecular formula is C12H17ClN2S. The molecule has 1 fully saturated rings. The SMILES string of the molecule is CC1CCC(N)C(Sc2ncccc2Cl)C1. The number of hydrogen-bond acceptors (Lipinski definition) is 3. The lowest BCUT2D eigenvalue weighted by atomic mass is 9.87. The zero-order valence-corrected chi connectivity index (χ0v) is 11.0. The maximum absolute atomic E-state index is 6.15. The van der Waals surface area contributed by atoms with E-state index in [9.17, 15) is 0 Å². The number of thioether (sulfide) groups is 1. The Hall–Kier alpha value is -0.250. The largest absolute Gasteiger partial charge is 0.327 e. The maximum Gasteiger partial charge on any atom is 0.115 e. The minimum absolute atomic E-state index is 0.277. The number of nitrogens with two attached hydrogens (primary N) is 1. The van der Waals surface area contributed by atoms with E-state index < -0.39 is 0 Å². The van der Waals surface area contributed by atoms with E-state index >= 15 is 0 Å². The van der Waals surface area contributed by atoms with E-state index in [1.54, 1.807) is 18.0 Å². The molecule has 1 aromatic rings. The number of nitrogens with zero attached hydrogens (tertiary/aromatic N) is 1. The molecule has 0 aliphatic heterocycles. The quantitative estimate of drug-likeness (QED) is 0.882. The van der Waals surface area contributed by atoms with Crippen LogP contribution in [0.25, 0.3) is 0 Å². The number of aromatic nitrogens is 1. The first-order valence-corrected chi connectivity index (χ1v) is 6.95. The van der Waals surface area contributed by atoms with Crippen LogP contribution in [0.4, 0.5) is 0 Å². The fourth-order valence-electron chi connectivity index (χ4n) is 2.09. The fraction of sp³-hybridized carbons (Fsp3) is 0.583. The summed E-state index contributed by atoms with van der Waals surface area (Å²) in [6.07, 6.45) is 5.31. The summed E-state index contributed by atoms with van der Waals surface area (Å²) in [6.45, 7) is 2.29. The Morgan fingerprint density at radius 1 is 1.50 bits per heavy atom. The first kappa shape index (κ1) is 12.2. The molecule has 1 aromatic heterocycles. The number of pyridine rings is 1. The van der Waals surface area contributed by atoms with Crippen LogP contribution in [0.1, 0.15) is 26.2 Å². The van der Waals surface area contributed by atoms with Gasteiger partial charge in [0.1, 0.15) is 5.03 Å². The van der Waals surface area contributed by atoms with Gasteiger partial charge in [0.2, 0.25) is 0 Å². The molecular weight excluding hydrogens is 240 g/mol. The molecule has 0 bridgehead atoms. The van der Waals surface area contributed by atoms with Crippen molar-refractivity contribution in [1.82, 2.24) is 4.98 Å². The van der Waals surface area contributed by atoms with E-state index in [1.807, 2.05) is 12.1 Å². The lowest BCUT2D eigenvalue weighted by Crippen LogP contribution is -2.37. The molecule has 2 rings (SSSR count). The predicted molar refractivity (Wildman–Crippen MR) is 69.9 cm³/mol. The Labute approximate surface area is 106 Å². The Kier molecular flexibility index (Phi) is 4.11. The van der Waals surface area contributed by atoms with Gasteiger partial charge in [0.05, 0.1) is 5.02 Å². The molecule has 0 aromatic carbocycles. The second kappa shape index (κ2) is 5.39. The molecule has 1 heterocycles. The molecule has 0 radical (unpaired) electrons. The van der Waals surface area contributed by atoms with Crippen molar-refractivity contribution in [2.24, 2.45) is 11.7 Å². The number of rotatable bonds is 2. The topological polar surface area (TPSA) is 38.9 Å². The molecule has 2 N–H and O–H groups in total. The van der Waals surface area contributed by atoms with Crippen molar-refractivity contribution in [1.29, 1.82) is 0 Å². The highest BCUT2D eigenvalue weighted by atomic mass is 35.5. The van der Waals surface area contributed by atoms with Crippen LogP contribution in [-0.2, 0) is 0 Å². The van der Waals surface area contributed by atoms with Gasteiger partial charge in [-0.1, -0.05) is 30.3 Å². The molecule has 1 aliphatic carbocycles. The first-order valence-electron chi connectivity index (χ1n) is 5.69. The van der Waals surface area contributed by atoms with E-state index in [-0.39, 0.29) is 6.04 Å². The van der Waals surface area contributed by atoms with Crippen LogP contribution in [0, 0.1) is 5.92 Å². The van der Waals surface area contributed by atoms with Gasteiger partial charge in [-0.15, -0.1) is 0 Å². The van der Waals surface area contributed by atoms with Crippen molar-refractivity contribution in [3.05, 3.63) is 23.4 Å². The summed E-state index contributed by atoms with van der Waals surface area (Å²) in [7, 11) is 0. The van der Waals surface area contributed by atoms with Crippen LogP contribution in [0.3, 0.4) is 0 Å². The summed E-state index contributed by atoms with van der Waals surface area (Å²) in [5.74, 6) is 0.764. The van der Waals surface area contributed by atoms with Crippen molar-refractivity contribution in [2.75, 3.05) is 0 Å². The van der Waals surface area contributed by atoms with Crippen LogP contribution >= 0.6 is 23.4 Å². The van der Waals surface area contributed by atoms with Crippen LogP contribution in [0.2, 0.25) is 5.02 Å². The zero-order valence-electron chi connectivity index (χ0n) is 9.40. The van der Waals surface area contributed by atoms with Crippen molar-refractivity contribution in [2.45, 2.75) is 42.5 Å². The fourth-order valence-corrected chi connectivity index (χ4v) is 3.67. The minimum atomic E-state index is 0.277. The van der Waals surface area contributed by atoms with Gasteiger partial charge in [-0.3, -0.25) is 0 Å². The monoisotopic (exact) mass is 256 g/mol. The molecule has 4 heteroatoms. The second-order valence-electron chi connectivity index (χ2n) is 4.53. The lowest BCUT2D eigenvalue weighted by molar-refractivity contribution is 0.357. The van der Waals surface area contributed by atoms with Gasteiger partial charge in [0, 0.05) is 17.5 Å². The van der Waals surface area contributed by atoms with Crippen molar-refractivity contribution in [3.8, 4) is 0 Å². The summed E-state index contributed by atoms with van der Waals surface area (Å²) in [5, 5.41) is 2.10. The highest BCUT2D eigenvalue weighted by Gasteiger charge is 2.27. The van der Waals surface area contributed by atoms with Crippen LogP contribution in [0.15, 0.2) is 23.4 Å². The van der Waals surface area contributed by atoms with Gasteiger partial charge in [0.15, 0.2) is 0 Å². The smallest absolute Gasteiger partial charge is 0.115 e. The molecule has 3 atom stereocenters. The molecule has 0 saturated heterocycles. The van der Waals surface area contributed by atoms with Crippen LogP contribution in [0.5, 0.6) is 0 Å². The molecule has 88 valence electrons. The van der Waals surface area contributed by atoms with Gasteiger partial charge < -0.3 is 5.73 Å². The predicted octanol–water partition coefficient (Wildman–Crippen LogP) is 3.34. The van der Waals surface area contributed by atoms with E-state index in [0.717, 1.165) is 22.4 Å². The summed E-state index contributed by atoms with van der Waals surface area (Å²) in [5.41, 5.74) is 6.15. The summed E-state index contributed by atoms with van der Waals surface area (Å²) < 4.78 is 0. The van der Waals surface area contributed by atoms with Gasteiger partial charge in [-0.25, -0.2) is 4.98 Å². The van der Waals surface area contributed by atoms with Gasteiger partial charge in [0.25, 0.3) is 0 Å². The average Bonchev–Trinajstić information content (AvgIpc) is 2.27. The Bertz CT molecular complexity index is 359. The minimum Gasteiger partial charge on any atom is -0.327 e. The third-order valence-corrected chi connectivity index (χ3v) is 4.90. The number of halogens is 1. The highest BCUT2D eigenvalue weighted by molar-refractivity contribution is 8.00. The maximum atomic E-state index is 6.15. The summed E-state index contributed by atoms with van der Waals surface area (Å²) in [6, 6.07) is 4.02. The Balaban J connectivity index is 2.06. The first-order chi connectivity index (χ1) is 7.66. The summed E-state index contributed by atoms with van der Waals surface area (Å²) in [4.78, 5) is 4.31. The molecule has 2 nitrogen and oxygen atoms in total. The molecule has 3 unspecified atom stereocenters. The lowest BCUT2D eigenvalue weighted by Gasteiger charge is -2.31. The third kappa shape index (κ3) is 2.90. The Morgan fingerprint density at radius 3 is 3.06 bits per heavy atom. The van der Waals surface area contributed by atoms with Crippen molar-refractivity contribution in [3.63, 3.8) is 0 Å². The highest BCUT2D eigenvalue weighted by Crippen LogP contribution is 2.37. The molecule has 0 amide bonds. The third-order valence-electron chi connectivity index (χ3n) is 3.09. The van der Waals surface area contributed by atoms with Crippen molar-refractivity contribution >= 4 is 23.4 Å².